The van der Waals surface area contributed by atoms with Crippen LogP contribution in [0.15, 0.2) is 76.6 Å². The van der Waals surface area contributed by atoms with Crippen molar-refractivity contribution in [2.75, 3.05) is 19.1 Å². The molecular formula is C35H32N2O6S2. The topological polar surface area (TPSA) is 97.9 Å². The van der Waals surface area contributed by atoms with Gasteiger partial charge in [0.2, 0.25) is 11.8 Å². The van der Waals surface area contributed by atoms with E-state index >= 15 is 0 Å². The summed E-state index contributed by atoms with van der Waals surface area (Å²) in [5.41, 5.74) is 3.87. The number of benzene rings is 3. The number of H-pyrrole nitrogens is 1. The smallest absolute Gasteiger partial charge is 0.305 e. The monoisotopic (exact) mass is 640 g/mol. The van der Waals surface area contributed by atoms with Crippen LogP contribution >= 0.6 is 23.1 Å². The fraction of sp³-hybridized carbons (Fsp3) is 0.343. The number of thiazole rings is 1. The van der Waals surface area contributed by atoms with E-state index in [0.29, 0.717) is 29.5 Å². The predicted octanol–water partition coefficient (Wildman–Crippen LogP) is 6.02. The number of carbonyl (C=O) groups excluding carboxylic acids is 2. The number of anilines is 1. The molecule has 5 unspecified atom stereocenters. The number of nitrogens with zero attached hydrogens (tertiary/aromatic N) is 1. The highest BCUT2D eigenvalue weighted by Gasteiger charge is 2.69. The highest BCUT2D eigenvalue weighted by Crippen LogP contribution is 2.68. The van der Waals surface area contributed by atoms with Crippen molar-refractivity contribution in [2.24, 2.45) is 29.6 Å². The molecule has 4 aliphatic rings. The second-order valence-electron chi connectivity index (χ2n) is 12.3. The average Bonchev–Trinajstić information content (AvgIpc) is 3.79. The van der Waals surface area contributed by atoms with E-state index in [1.807, 2.05) is 24.3 Å². The quantitative estimate of drug-likeness (QED) is 0.247. The van der Waals surface area contributed by atoms with Gasteiger partial charge in [-0.1, -0.05) is 41.7 Å². The molecule has 0 radical (unpaired) electrons. The first kappa shape index (κ1) is 28.5. The van der Waals surface area contributed by atoms with Gasteiger partial charge in [-0.05, 0) is 84.2 Å². The maximum absolute atomic E-state index is 14.0. The van der Waals surface area contributed by atoms with Crippen LogP contribution in [0.3, 0.4) is 0 Å². The number of carbonyl (C=O) groups is 2. The molecule has 1 saturated heterocycles. The third-order valence-electron chi connectivity index (χ3n) is 10.2. The molecule has 1 aromatic heterocycles. The number of hydrogen-bond donors (Lipinski definition) is 1. The molecule has 8 rings (SSSR count). The van der Waals surface area contributed by atoms with Gasteiger partial charge in [0.15, 0.2) is 11.5 Å². The summed E-state index contributed by atoms with van der Waals surface area (Å²) < 4.78 is 17.3. The number of rotatable bonds is 7. The van der Waals surface area contributed by atoms with Gasteiger partial charge in [-0.3, -0.25) is 19.3 Å². The lowest BCUT2D eigenvalue weighted by Crippen LogP contribution is -2.42. The zero-order chi connectivity index (χ0) is 31.0. The Morgan fingerprint density at radius 1 is 0.889 bits per heavy atom. The Kier molecular flexibility index (Phi) is 6.83. The average molecular weight is 641 g/mol. The number of thioether (sulfide) groups is 1. The first-order valence-corrected chi connectivity index (χ1v) is 16.8. The molecule has 3 heterocycles. The summed E-state index contributed by atoms with van der Waals surface area (Å²) in [6.45, 7) is 2.49. The normalized spacial score (nSPS) is 27.7. The number of aromatic amines is 1. The molecule has 10 heteroatoms. The van der Waals surface area contributed by atoms with Gasteiger partial charge >= 0.3 is 4.87 Å². The Balaban J connectivity index is 1.14. The van der Waals surface area contributed by atoms with Crippen LogP contribution in [-0.2, 0) is 16.2 Å². The highest BCUT2D eigenvalue weighted by molar-refractivity contribution is 8.00. The Labute approximate surface area is 268 Å². The number of aromatic nitrogens is 1. The van der Waals surface area contributed by atoms with Crippen molar-refractivity contribution in [3.63, 3.8) is 0 Å². The molecule has 45 heavy (non-hydrogen) atoms. The molecule has 2 bridgehead atoms. The van der Waals surface area contributed by atoms with E-state index in [-0.39, 0.29) is 57.4 Å². The molecule has 4 aromatic rings. The molecule has 3 fully saturated rings. The lowest BCUT2D eigenvalue weighted by Gasteiger charge is -2.43. The zero-order valence-corrected chi connectivity index (χ0v) is 26.7. The summed E-state index contributed by atoms with van der Waals surface area (Å²) >= 11 is 2.93. The van der Waals surface area contributed by atoms with Gasteiger partial charge in [-0.2, -0.15) is 0 Å². The molecule has 0 spiro atoms. The number of amides is 2. The minimum absolute atomic E-state index is 0.0236. The molecule has 2 aliphatic carbocycles. The maximum Gasteiger partial charge on any atom is 0.305 e. The van der Waals surface area contributed by atoms with Gasteiger partial charge in [-0.25, -0.2) is 0 Å². The van der Waals surface area contributed by atoms with Crippen molar-refractivity contribution in [3.8, 4) is 17.2 Å². The Bertz CT molecular complexity index is 1880. The summed E-state index contributed by atoms with van der Waals surface area (Å²) in [5, 5.41) is 0.984. The number of ether oxygens (including phenoxy) is 3. The fourth-order valence-electron chi connectivity index (χ4n) is 8.30. The van der Waals surface area contributed by atoms with Gasteiger partial charge in [0, 0.05) is 16.0 Å². The van der Waals surface area contributed by atoms with E-state index in [9.17, 15) is 14.4 Å². The van der Waals surface area contributed by atoms with E-state index in [1.165, 1.54) is 16.2 Å². The highest BCUT2D eigenvalue weighted by atomic mass is 32.2. The molecule has 8 nitrogen and oxygen atoms in total. The van der Waals surface area contributed by atoms with Gasteiger partial charge in [0.25, 0.3) is 0 Å². The van der Waals surface area contributed by atoms with Gasteiger partial charge in [-0.15, -0.1) is 11.8 Å². The standard InChI is InChI=1S/C35H32N2O6S2/c1-17-6-4-5-7-19(17)16-43-24-13-8-18(14-25(24)42-3)26-27-22-15-23(30(27)44-32-31(26)45-35(40)36-32)29-28(22)33(38)37(34(29)39)20-9-11-21(41-2)12-10-20/h4-14,22-23,26-30H,15-16H2,1-3H3,(H,36,40)/t22-,23-,26?,27?,28?,29?,30?/m1/s1. The Hall–Kier alpha value is -4.02. The maximum atomic E-state index is 14.0. The molecule has 2 amide bonds. The second-order valence-corrected chi connectivity index (χ2v) is 14.5. The van der Waals surface area contributed by atoms with Gasteiger partial charge < -0.3 is 19.2 Å². The van der Waals surface area contributed by atoms with E-state index in [4.69, 9.17) is 14.2 Å². The number of nitrogens with one attached hydrogen (secondary N) is 1. The first-order valence-electron chi connectivity index (χ1n) is 15.1. The van der Waals surface area contributed by atoms with Crippen LogP contribution in [0.5, 0.6) is 17.2 Å². The van der Waals surface area contributed by atoms with Crippen molar-refractivity contribution < 1.29 is 23.8 Å². The van der Waals surface area contributed by atoms with Crippen molar-refractivity contribution in [2.45, 2.75) is 36.1 Å². The van der Waals surface area contributed by atoms with Crippen molar-refractivity contribution in [1.82, 2.24) is 4.98 Å². The summed E-state index contributed by atoms with van der Waals surface area (Å²) in [4.78, 5) is 46.0. The predicted molar refractivity (Wildman–Crippen MR) is 172 cm³/mol. The Morgan fingerprint density at radius 3 is 2.38 bits per heavy atom. The minimum atomic E-state index is -0.371. The summed E-state index contributed by atoms with van der Waals surface area (Å²) in [6.07, 6.45) is 0.829. The Morgan fingerprint density at radius 2 is 1.64 bits per heavy atom. The summed E-state index contributed by atoms with van der Waals surface area (Å²) in [5.74, 6) is 1.05. The van der Waals surface area contributed by atoms with Gasteiger partial charge in [0.05, 0.1) is 36.8 Å². The summed E-state index contributed by atoms with van der Waals surface area (Å²) in [7, 11) is 3.23. The summed E-state index contributed by atoms with van der Waals surface area (Å²) in [6, 6.07) is 21.3. The van der Waals surface area contributed by atoms with Crippen LogP contribution in [0.1, 0.15) is 33.9 Å². The number of imide groups is 1. The van der Waals surface area contributed by atoms with Crippen molar-refractivity contribution in [1.29, 1.82) is 0 Å². The molecule has 2 aliphatic heterocycles. The van der Waals surface area contributed by atoms with E-state index in [1.54, 1.807) is 50.2 Å². The van der Waals surface area contributed by atoms with Crippen LogP contribution < -0.4 is 24.0 Å². The molecule has 7 atom stereocenters. The van der Waals surface area contributed by atoms with Crippen LogP contribution in [0.2, 0.25) is 0 Å². The molecule has 1 N–H and O–H groups in total. The van der Waals surface area contributed by atoms with Crippen LogP contribution in [0.25, 0.3) is 0 Å². The van der Waals surface area contributed by atoms with Crippen LogP contribution in [0.4, 0.5) is 5.69 Å². The van der Waals surface area contributed by atoms with Crippen molar-refractivity contribution in [3.05, 3.63) is 98.0 Å². The molecule has 230 valence electrons. The van der Waals surface area contributed by atoms with E-state index < -0.39 is 0 Å². The molecular weight excluding hydrogens is 609 g/mol. The molecule has 2 saturated carbocycles. The van der Waals surface area contributed by atoms with Gasteiger partial charge in [0.1, 0.15) is 12.4 Å². The van der Waals surface area contributed by atoms with Crippen LogP contribution in [0, 0.1) is 36.5 Å². The lowest BCUT2D eigenvalue weighted by atomic mass is 9.68. The van der Waals surface area contributed by atoms with Crippen LogP contribution in [-0.4, -0.2) is 36.3 Å². The SMILES string of the molecule is COc1ccc(N2C(=O)C3C(C2=O)[C@@H]2C[C@H]3C3Sc4[nH]c(=O)sc4C(c4ccc(OCc5ccccc5C)c(OC)c4)C32)cc1. The number of fused-ring (bicyclic) bond motifs is 9. The first-order chi connectivity index (χ1) is 21.9. The molecule has 3 aromatic carbocycles. The third-order valence-corrected chi connectivity index (χ3v) is 12.8. The fourth-order valence-corrected chi connectivity index (χ4v) is 11.2. The number of aryl methyl sites for hydroxylation is 1. The van der Waals surface area contributed by atoms with Crippen molar-refractivity contribution >= 4 is 40.6 Å². The third kappa shape index (κ3) is 4.36. The lowest BCUT2D eigenvalue weighted by molar-refractivity contribution is -0.123. The zero-order valence-electron chi connectivity index (χ0n) is 25.0. The number of hydrogen-bond acceptors (Lipinski definition) is 8. The van der Waals surface area contributed by atoms with E-state index in [0.717, 1.165) is 33.0 Å². The number of methoxy groups -OCH3 is 2. The largest absolute Gasteiger partial charge is 0.497 e. The minimum Gasteiger partial charge on any atom is -0.497 e. The van der Waals surface area contributed by atoms with E-state index in [2.05, 4.69) is 30.1 Å². The second kappa shape index (κ2) is 10.8.